The molecule has 2 aromatic rings. The Morgan fingerprint density at radius 2 is 1.96 bits per heavy atom. The van der Waals surface area contributed by atoms with Gasteiger partial charge in [0, 0.05) is 17.5 Å². The zero-order chi connectivity index (χ0) is 18.0. The number of likely N-dealkylation sites (N-methyl/N-ethyl adjacent to an activating group) is 2. The van der Waals surface area contributed by atoms with E-state index < -0.39 is 6.04 Å². The number of hydrogen-bond donors (Lipinski definition) is 0. The van der Waals surface area contributed by atoms with E-state index >= 15 is 0 Å². The molecule has 4 nitrogen and oxygen atoms in total. The van der Waals surface area contributed by atoms with Crippen molar-refractivity contribution in [2.24, 2.45) is 0 Å². The summed E-state index contributed by atoms with van der Waals surface area (Å²) in [7, 11) is 5.36. The molecule has 25 heavy (non-hydrogen) atoms. The van der Waals surface area contributed by atoms with E-state index in [4.69, 9.17) is 4.98 Å². The van der Waals surface area contributed by atoms with Crippen molar-refractivity contribution in [3.8, 4) is 0 Å². The third-order valence-corrected chi connectivity index (χ3v) is 5.73. The van der Waals surface area contributed by atoms with E-state index in [2.05, 4.69) is 0 Å². The van der Waals surface area contributed by atoms with Crippen LogP contribution in [0.25, 0.3) is 0 Å². The number of nitrogens with zero attached hydrogens (tertiary/aromatic N) is 3. The molecule has 0 fully saturated rings. The zero-order valence-electron chi connectivity index (χ0n) is 15.0. The molecule has 6 heteroatoms. The largest absolute Gasteiger partial charge is 0.337 e. The number of benzene rings is 1. The number of thiazole rings is 1. The maximum Gasteiger partial charge on any atom is 0.244 e. The average Bonchev–Trinajstić information content (AvgIpc) is 2.98. The topological polar surface area (TPSA) is 36.4 Å². The number of fused-ring (bicyclic) bond motifs is 1. The van der Waals surface area contributed by atoms with Crippen molar-refractivity contribution in [3.63, 3.8) is 0 Å². The Morgan fingerprint density at radius 1 is 1.24 bits per heavy atom. The van der Waals surface area contributed by atoms with Crippen molar-refractivity contribution in [2.45, 2.75) is 38.3 Å². The van der Waals surface area contributed by atoms with Gasteiger partial charge in [-0.15, -0.1) is 11.3 Å². The lowest BCUT2D eigenvalue weighted by Gasteiger charge is -2.28. The van der Waals surface area contributed by atoms with Gasteiger partial charge < -0.3 is 4.90 Å². The van der Waals surface area contributed by atoms with Gasteiger partial charge in [-0.1, -0.05) is 18.2 Å². The minimum absolute atomic E-state index is 0.122. The number of carbonyl (C=O) groups excluding carboxylic acids is 1. The molecule has 0 spiro atoms. The normalized spacial score (nSPS) is 15.1. The maximum atomic E-state index is 14.2. The molecule has 0 aliphatic heterocycles. The van der Waals surface area contributed by atoms with Crippen LogP contribution in [0.2, 0.25) is 0 Å². The van der Waals surface area contributed by atoms with Crippen LogP contribution >= 0.6 is 11.3 Å². The third-order valence-electron chi connectivity index (χ3n) is 4.59. The lowest BCUT2D eigenvalue weighted by molar-refractivity contribution is -0.135. The van der Waals surface area contributed by atoms with Gasteiger partial charge in [0.1, 0.15) is 16.9 Å². The molecule has 3 rings (SSSR count). The van der Waals surface area contributed by atoms with Gasteiger partial charge in [-0.05, 0) is 45.8 Å². The Hall–Kier alpha value is -1.79. The Labute approximate surface area is 152 Å². The summed E-state index contributed by atoms with van der Waals surface area (Å²) in [5.41, 5.74) is 1.60. The van der Waals surface area contributed by atoms with Crippen molar-refractivity contribution < 1.29 is 9.18 Å². The molecule has 0 bridgehead atoms. The highest BCUT2D eigenvalue weighted by molar-refractivity contribution is 7.11. The van der Waals surface area contributed by atoms with Gasteiger partial charge in [0.25, 0.3) is 0 Å². The van der Waals surface area contributed by atoms with Crippen LogP contribution < -0.4 is 0 Å². The van der Waals surface area contributed by atoms with Gasteiger partial charge in [0.2, 0.25) is 5.91 Å². The van der Waals surface area contributed by atoms with Crippen molar-refractivity contribution in [3.05, 3.63) is 51.2 Å². The quantitative estimate of drug-likeness (QED) is 0.819. The van der Waals surface area contributed by atoms with Gasteiger partial charge in [-0.25, -0.2) is 9.37 Å². The summed E-state index contributed by atoms with van der Waals surface area (Å²) in [6.07, 6.45) is 4.56. The van der Waals surface area contributed by atoms with E-state index in [9.17, 15) is 9.18 Å². The first kappa shape index (κ1) is 18.0. The third kappa shape index (κ3) is 3.90. The molecule has 1 atom stereocenters. The summed E-state index contributed by atoms with van der Waals surface area (Å²) >= 11 is 1.71. The van der Waals surface area contributed by atoms with E-state index in [1.807, 2.05) is 0 Å². The van der Waals surface area contributed by atoms with Crippen LogP contribution in [-0.2, 0) is 24.2 Å². The van der Waals surface area contributed by atoms with E-state index in [0.717, 1.165) is 17.8 Å². The van der Waals surface area contributed by atoms with E-state index in [0.29, 0.717) is 12.1 Å². The summed E-state index contributed by atoms with van der Waals surface area (Å²) in [4.78, 5) is 22.5. The number of amides is 1. The SMILES string of the molecule is CN(Cc1nc2c(s1)CCCC2)C(=O)[C@H](c1ccccc1F)N(C)C. The fraction of sp³-hybridized carbons (Fsp3) is 0.474. The first-order valence-corrected chi connectivity index (χ1v) is 9.42. The molecular weight excluding hydrogens is 337 g/mol. The molecule has 0 saturated carbocycles. The lowest BCUT2D eigenvalue weighted by atomic mass is 10.0. The second-order valence-electron chi connectivity index (χ2n) is 6.77. The van der Waals surface area contributed by atoms with Crippen molar-refractivity contribution in [2.75, 3.05) is 21.1 Å². The highest BCUT2D eigenvalue weighted by Gasteiger charge is 2.29. The first-order chi connectivity index (χ1) is 12.0. The molecule has 0 radical (unpaired) electrons. The van der Waals surface area contributed by atoms with Crippen LogP contribution in [0.4, 0.5) is 4.39 Å². The van der Waals surface area contributed by atoms with Gasteiger partial charge in [-0.3, -0.25) is 9.69 Å². The smallest absolute Gasteiger partial charge is 0.244 e. The summed E-state index contributed by atoms with van der Waals surface area (Å²) < 4.78 is 14.2. The predicted molar refractivity (Wildman–Crippen MR) is 98.1 cm³/mol. The minimum atomic E-state index is -0.638. The van der Waals surface area contributed by atoms with Gasteiger partial charge in [-0.2, -0.15) is 0 Å². The molecule has 1 aliphatic rings. The average molecular weight is 361 g/mol. The monoisotopic (exact) mass is 361 g/mol. The van der Waals surface area contributed by atoms with Crippen molar-refractivity contribution >= 4 is 17.2 Å². The fourth-order valence-electron chi connectivity index (χ4n) is 3.29. The van der Waals surface area contributed by atoms with E-state index in [1.54, 1.807) is 60.5 Å². The van der Waals surface area contributed by atoms with Crippen LogP contribution in [-0.4, -0.2) is 41.8 Å². The number of rotatable bonds is 5. The molecule has 1 aromatic carbocycles. The molecule has 1 heterocycles. The Bertz CT molecular complexity index is 735. The standard InChI is InChI=1S/C19H24FN3OS/c1-22(2)18(13-8-4-5-9-14(13)20)19(24)23(3)12-17-21-15-10-6-7-11-16(15)25-17/h4-5,8-9,18H,6-7,10-12H2,1-3H3/t18-/m0/s1. The van der Waals surface area contributed by atoms with Crippen LogP contribution in [0, 0.1) is 5.82 Å². The highest BCUT2D eigenvalue weighted by atomic mass is 32.1. The second-order valence-corrected chi connectivity index (χ2v) is 7.93. The summed E-state index contributed by atoms with van der Waals surface area (Å²) in [6, 6.07) is 5.83. The minimum Gasteiger partial charge on any atom is -0.337 e. The molecule has 0 saturated heterocycles. The number of hydrogen-bond acceptors (Lipinski definition) is 4. The van der Waals surface area contributed by atoms with Crippen LogP contribution in [0.15, 0.2) is 24.3 Å². The van der Waals surface area contributed by atoms with Crippen LogP contribution in [0.5, 0.6) is 0 Å². The summed E-state index contributed by atoms with van der Waals surface area (Å²) in [6.45, 7) is 0.468. The maximum absolute atomic E-state index is 14.2. The summed E-state index contributed by atoms with van der Waals surface area (Å²) in [5, 5.41) is 0.966. The molecule has 1 amide bonds. The number of halogens is 1. The second kappa shape index (κ2) is 7.62. The molecule has 1 aliphatic carbocycles. The molecule has 134 valence electrons. The van der Waals surface area contributed by atoms with Gasteiger partial charge in [0.15, 0.2) is 0 Å². The van der Waals surface area contributed by atoms with Crippen LogP contribution in [0.1, 0.15) is 40.0 Å². The first-order valence-electron chi connectivity index (χ1n) is 8.60. The van der Waals surface area contributed by atoms with Crippen LogP contribution in [0.3, 0.4) is 0 Å². The Kier molecular flexibility index (Phi) is 5.49. The fourth-order valence-corrected chi connectivity index (χ4v) is 4.50. The number of carbonyl (C=O) groups is 1. The number of aromatic nitrogens is 1. The molecule has 1 aromatic heterocycles. The summed E-state index contributed by atoms with van der Waals surface area (Å²) in [5.74, 6) is -0.476. The van der Waals surface area contributed by atoms with E-state index in [-0.39, 0.29) is 11.7 Å². The molecule has 0 unspecified atom stereocenters. The van der Waals surface area contributed by atoms with Crippen molar-refractivity contribution in [1.29, 1.82) is 0 Å². The highest BCUT2D eigenvalue weighted by Crippen LogP contribution is 2.28. The molecule has 0 N–H and O–H groups in total. The Balaban J connectivity index is 1.78. The molecular formula is C19H24FN3OS. The van der Waals surface area contributed by atoms with Gasteiger partial charge >= 0.3 is 0 Å². The van der Waals surface area contributed by atoms with Gasteiger partial charge in [0.05, 0.1) is 12.2 Å². The van der Waals surface area contributed by atoms with Crippen molar-refractivity contribution in [1.82, 2.24) is 14.8 Å². The lowest BCUT2D eigenvalue weighted by Crippen LogP contribution is -2.38. The Morgan fingerprint density at radius 3 is 2.64 bits per heavy atom. The predicted octanol–water partition coefficient (Wildman–Crippen LogP) is 3.42. The number of aryl methyl sites for hydroxylation is 2. The zero-order valence-corrected chi connectivity index (χ0v) is 15.8. The van der Waals surface area contributed by atoms with E-state index in [1.165, 1.54) is 29.5 Å².